The molecule has 10 nitrogen and oxygen atoms in total. The van der Waals surface area contributed by atoms with E-state index in [1.165, 1.54) is 16.4 Å². The number of hydrogen-bond acceptors (Lipinski definition) is 8. The second-order valence-electron chi connectivity index (χ2n) is 6.24. The molecule has 0 bridgehead atoms. The molecule has 2 heterocycles. The van der Waals surface area contributed by atoms with Crippen molar-refractivity contribution in [2.24, 2.45) is 7.05 Å². The fourth-order valence-corrected chi connectivity index (χ4v) is 3.28. The Balaban J connectivity index is 1.55. The van der Waals surface area contributed by atoms with Crippen LogP contribution in [0.4, 0.5) is 5.69 Å². The number of aromatic nitrogens is 5. The Kier molecular flexibility index (Phi) is 6.27. The smallest absolute Gasteiger partial charge is 0.234 e. The van der Waals surface area contributed by atoms with Gasteiger partial charge in [0.15, 0.2) is 5.82 Å². The highest BCUT2D eigenvalue weighted by atomic mass is 32.2. The zero-order valence-corrected chi connectivity index (χ0v) is 17.5. The summed E-state index contributed by atoms with van der Waals surface area (Å²) in [5.74, 6) is 7.76. The minimum absolute atomic E-state index is 0.136. The summed E-state index contributed by atoms with van der Waals surface area (Å²) in [4.78, 5) is 12.3. The Morgan fingerprint density at radius 1 is 1.28 bits per heavy atom. The van der Waals surface area contributed by atoms with E-state index in [0.29, 0.717) is 22.5 Å². The summed E-state index contributed by atoms with van der Waals surface area (Å²) >= 11 is 1.19. The van der Waals surface area contributed by atoms with E-state index in [1.807, 2.05) is 39.1 Å². The van der Waals surface area contributed by atoms with Crippen molar-refractivity contribution in [3.63, 3.8) is 0 Å². The average Bonchev–Trinajstić information content (AvgIpc) is 3.18. The predicted molar refractivity (Wildman–Crippen MR) is 110 cm³/mol. The second kappa shape index (κ2) is 8.86. The fraction of sp³-hybridized carbons (Fsp3) is 0.333. The molecule has 0 aliphatic heterocycles. The SMILES string of the molecule is COc1cccc(OCc2nnc(SCC(=O)Nc3c(C)nn(C)c3C)n2N)c1. The van der Waals surface area contributed by atoms with Gasteiger partial charge in [-0.3, -0.25) is 9.48 Å². The summed E-state index contributed by atoms with van der Waals surface area (Å²) in [6.45, 7) is 3.88. The Hall–Kier alpha value is -3.21. The van der Waals surface area contributed by atoms with E-state index < -0.39 is 0 Å². The number of nitrogens with one attached hydrogen (secondary N) is 1. The van der Waals surface area contributed by atoms with Gasteiger partial charge in [0.05, 0.1) is 29.9 Å². The number of aryl methyl sites for hydroxylation is 2. The number of benzene rings is 1. The number of methoxy groups -OCH3 is 1. The number of amides is 1. The lowest BCUT2D eigenvalue weighted by Crippen LogP contribution is -2.18. The minimum Gasteiger partial charge on any atom is -0.497 e. The van der Waals surface area contributed by atoms with Gasteiger partial charge in [-0.05, 0) is 26.0 Å². The van der Waals surface area contributed by atoms with E-state index in [-0.39, 0.29) is 18.3 Å². The molecule has 0 saturated carbocycles. The van der Waals surface area contributed by atoms with Crippen LogP contribution in [0.1, 0.15) is 17.2 Å². The molecule has 1 amide bonds. The van der Waals surface area contributed by atoms with E-state index in [2.05, 4.69) is 20.6 Å². The van der Waals surface area contributed by atoms with Gasteiger partial charge in [-0.2, -0.15) is 5.10 Å². The van der Waals surface area contributed by atoms with Crippen molar-refractivity contribution in [3.05, 3.63) is 41.5 Å². The lowest BCUT2D eigenvalue weighted by Gasteiger charge is -2.08. The molecular formula is C18H23N7O3S. The predicted octanol–water partition coefficient (Wildman–Crippen LogP) is 1.66. The maximum atomic E-state index is 12.3. The van der Waals surface area contributed by atoms with Crippen LogP contribution < -0.4 is 20.6 Å². The highest BCUT2D eigenvalue weighted by Crippen LogP contribution is 2.22. The highest BCUT2D eigenvalue weighted by Gasteiger charge is 2.16. The molecule has 0 radical (unpaired) electrons. The molecular weight excluding hydrogens is 394 g/mol. The lowest BCUT2D eigenvalue weighted by molar-refractivity contribution is -0.113. The van der Waals surface area contributed by atoms with Crippen molar-refractivity contribution >= 4 is 23.4 Å². The van der Waals surface area contributed by atoms with Crippen LogP contribution in [0.25, 0.3) is 0 Å². The molecule has 3 rings (SSSR count). The first-order valence-electron chi connectivity index (χ1n) is 8.78. The average molecular weight is 417 g/mol. The van der Waals surface area contributed by atoms with Crippen molar-refractivity contribution in [1.82, 2.24) is 24.7 Å². The van der Waals surface area contributed by atoms with Gasteiger partial charge in [-0.25, -0.2) is 4.68 Å². The first-order chi connectivity index (χ1) is 13.9. The highest BCUT2D eigenvalue weighted by molar-refractivity contribution is 7.99. The number of nitrogens with zero attached hydrogens (tertiary/aromatic N) is 5. The summed E-state index contributed by atoms with van der Waals surface area (Å²) in [7, 11) is 3.42. The Bertz CT molecular complexity index is 1020. The molecule has 0 unspecified atom stereocenters. The van der Waals surface area contributed by atoms with Crippen LogP contribution in [0.2, 0.25) is 0 Å². The maximum Gasteiger partial charge on any atom is 0.234 e. The van der Waals surface area contributed by atoms with Gasteiger partial charge in [-0.15, -0.1) is 10.2 Å². The van der Waals surface area contributed by atoms with E-state index in [1.54, 1.807) is 17.9 Å². The summed E-state index contributed by atoms with van der Waals surface area (Å²) in [5.41, 5.74) is 2.38. The van der Waals surface area contributed by atoms with Crippen LogP contribution in [-0.4, -0.2) is 43.4 Å². The molecule has 0 fully saturated rings. The quantitative estimate of drug-likeness (QED) is 0.419. The minimum atomic E-state index is -0.175. The molecule has 0 atom stereocenters. The molecule has 154 valence electrons. The Morgan fingerprint density at radius 2 is 2.03 bits per heavy atom. The molecule has 3 N–H and O–H groups in total. The lowest BCUT2D eigenvalue weighted by atomic mass is 10.3. The monoisotopic (exact) mass is 417 g/mol. The molecule has 29 heavy (non-hydrogen) atoms. The van der Waals surface area contributed by atoms with Gasteiger partial charge >= 0.3 is 0 Å². The third kappa shape index (κ3) is 4.80. The number of thioether (sulfide) groups is 1. The normalized spacial score (nSPS) is 10.8. The van der Waals surface area contributed by atoms with Gasteiger partial charge in [0, 0.05) is 13.1 Å². The number of rotatable bonds is 8. The second-order valence-corrected chi connectivity index (χ2v) is 7.19. The molecule has 0 aliphatic rings. The van der Waals surface area contributed by atoms with Gasteiger partial charge in [0.25, 0.3) is 0 Å². The summed E-state index contributed by atoms with van der Waals surface area (Å²) in [6.07, 6.45) is 0. The molecule has 11 heteroatoms. The van der Waals surface area contributed by atoms with Crippen molar-refractivity contribution in [1.29, 1.82) is 0 Å². The summed E-state index contributed by atoms with van der Waals surface area (Å²) in [5, 5.41) is 15.6. The first-order valence-corrected chi connectivity index (χ1v) is 9.76. The molecule has 0 spiro atoms. The molecule has 0 aliphatic carbocycles. The van der Waals surface area contributed by atoms with Crippen LogP contribution in [0.3, 0.4) is 0 Å². The van der Waals surface area contributed by atoms with Crippen molar-refractivity contribution in [2.45, 2.75) is 25.6 Å². The number of anilines is 1. The number of ether oxygens (including phenoxy) is 2. The van der Waals surface area contributed by atoms with Crippen molar-refractivity contribution in [3.8, 4) is 11.5 Å². The number of carbonyl (C=O) groups is 1. The van der Waals surface area contributed by atoms with Crippen LogP contribution in [0, 0.1) is 13.8 Å². The Labute approximate surface area is 172 Å². The van der Waals surface area contributed by atoms with Crippen molar-refractivity contribution in [2.75, 3.05) is 24.0 Å². The van der Waals surface area contributed by atoms with Gasteiger partial charge in [0.1, 0.15) is 18.1 Å². The number of nitrogen functional groups attached to an aromatic ring is 1. The number of hydrogen-bond donors (Lipinski definition) is 2. The van der Waals surface area contributed by atoms with Crippen LogP contribution >= 0.6 is 11.8 Å². The van der Waals surface area contributed by atoms with Gasteiger partial charge in [0.2, 0.25) is 11.1 Å². The first kappa shape index (κ1) is 20.5. The molecule has 2 aromatic heterocycles. The van der Waals surface area contributed by atoms with E-state index in [0.717, 1.165) is 17.1 Å². The zero-order valence-electron chi connectivity index (χ0n) is 16.7. The topological polar surface area (TPSA) is 122 Å². The van der Waals surface area contributed by atoms with E-state index in [4.69, 9.17) is 15.3 Å². The van der Waals surface area contributed by atoms with Crippen LogP contribution in [0.15, 0.2) is 29.4 Å². The van der Waals surface area contributed by atoms with Gasteiger partial charge < -0.3 is 20.6 Å². The van der Waals surface area contributed by atoms with Gasteiger partial charge in [-0.1, -0.05) is 17.8 Å². The zero-order chi connectivity index (χ0) is 21.0. The molecule has 1 aromatic carbocycles. The molecule has 3 aromatic rings. The number of carbonyl (C=O) groups excluding carboxylic acids is 1. The fourth-order valence-electron chi connectivity index (χ4n) is 2.60. The summed E-state index contributed by atoms with van der Waals surface area (Å²) in [6, 6.07) is 7.22. The van der Waals surface area contributed by atoms with E-state index >= 15 is 0 Å². The van der Waals surface area contributed by atoms with Crippen molar-refractivity contribution < 1.29 is 14.3 Å². The number of nitrogens with two attached hydrogens (primary N) is 1. The van der Waals surface area contributed by atoms with Crippen LogP contribution in [0.5, 0.6) is 11.5 Å². The third-order valence-electron chi connectivity index (χ3n) is 4.25. The Morgan fingerprint density at radius 3 is 2.72 bits per heavy atom. The molecule has 0 saturated heterocycles. The summed E-state index contributed by atoms with van der Waals surface area (Å²) < 4.78 is 13.9. The van der Waals surface area contributed by atoms with E-state index in [9.17, 15) is 4.79 Å². The largest absolute Gasteiger partial charge is 0.497 e. The standard InChI is InChI=1S/C18H23N7O3S/c1-11-17(12(2)24(3)23-11)20-16(26)10-29-18-22-21-15(25(18)19)9-28-14-7-5-6-13(8-14)27-4/h5-8H,9-10,19H2,1-4H3,(H,20,26). The maximum absolute atomic E-state index is 12.3. The third-order valence-corrected chi connectivity index (χ3v) is 5.19. The van der Waals surface area contributed by atoms with Crippen LogP contribution in [-0.2, 0) is 18.4 Å².